The molecule has 1 rings (SSSR count). The summed E-state index contributed by atoms with van der Waals surface area (Å²) in [6.07, 6.45) is 5.54. The molecule has 0 spiro atoms. The molecule has 4 nitrogen and oxygen atoms in total. The van der Waals surface area contributed by atoms with Crippen LogP contribution in [0.25, 0.3) is 0 Å². The second-order valence-corrected chi connectivity index (χ2v) is 6.53. The number of carbonyl (C=O) groups is 1. The van der Waals surface area contributed by atoms with Crippen molar-refractivity contribution >= 4 is 5.91 Å². The van der Waals surface area contributed by atoms with Gasteiger partial charge in [0.25, 0.3) is 0 Å². The first-order valence-corrected chi connectivity index (χ1v) is 7.62. The van der Waals surface area contributed by atoms with Gasteiger partial charge in [-0.25, -0.2) is 0 Å². The Kier molecular flexibility index (Phi) is 6.27. The highest BCUT2D eigenvalue weighted by molar-refractivity contribution is 5.81. The van der Waals surface area contributed by atoms with Crippen LogP contribution in [0.1, 0.15) is 59.3 Å². The first kappa shape index (κ1) is 16.4. The van der Waals surface area contributed by atoms with Gasteiger partial charge in [-0.1, -0.05) is 27.2 Å². The third-order valence-corrected chi connectivity index (χ3v) is 4.27. The molecule has 4 N–H and O–H groups in total. The number of nitrogens with two attached hydrogens (primary N) is 1. The van der Waals surface area contributed by atoms with Crippen molar-refractivity contribution in [1.29, 1.82) is 0 Å². The number of carbonyl (C=O) groups excluding carboxylic acids is 1. The lowest BCUT2D eigenvalue weighted by atomic mass is 9.78. The monoisotopic (exact) mass is 270 g/mol. The summed E-state index contributed by atoms with van der Waals surface area (Å²) in [7, 11) is 0. The third-order valence-electron chi connectivity index (χ3n) is 4.27. The van der Waals surface area contributed by atoms with E-state index in [0.29, 0.717) is 18.9 Å². The van der Waals surface area contributed by atoms with Crippen molar-refractivity contribution in [1.82, 2.24) is 5.32 Å². The van der Waals surface area contributed by atoms with Crippen LogP contribution in [0.2, 0.25) is 0 Å². The van der Waals surface area contributed by atoms with Crippen molar-refractivity contribution < 1.29 is 9.90 Å². The van der Waals surface area contributed by atoms with Gasteiger partial charge in [0.1, 0.15) is 0 Å². The Bertz CT molecular complexity index is 284. The van der Waals surface area contributed by atoms with E-state index >= 15 is 0 Å². The van der Waals surface area contributed by atoms with Crippen LogP contribution in [0.4, 0.5) is 0 Å². The highest BCUT2D eigenvalue weighted by atomic mass is 16.3. The Labute approximate surface area is 117 Å². The SMILES string of the molecule is CCC1CCC(O)(CNC(=O)C(N)CC(C)C)CC1. The van der Waals surface area contributed by atoms with Crippen molar-refractivity contribution in [3.05, 3.63) is 0 Å². The minimum Gasteiger partial charge on any atom is -0.388 e. The van der Waals surface area contributed by atoms with E-state index in [4.69, 9.17) is 5.73 Å². The quantitative estimate of drug-likeness (QED) is 0.689. The lowest BCUT2D eigenvalue weighted by Gasteiger charge is -2.36. The molecule has 1 unspecified atom stereocenters. The molecule has 1 atom stereocenters. The number of amides is 1. The maximum absolute atomic E-state index is 11.8. The second-order valence-electron chi connectivity index (χ2n) is 6.53. The van der Waals surface area contributed by atoms with E-state index in [9.17, 15) is 9.90 Å². The Morgan fingerprint density at radius 3 is 2.47 bits per heavy atom. The summed E-state index contributed by atoms with van der Waals surface area (Å²) < 4.78 is 0. The standard InChI is InChI=1S/C15H30N2O2/c1-4-12-5-7-15(19,8-6-12)10-17-14(18)13(16)9-11(2)3/h11-13,19H,4-10,16H2,1-3H3,(H,17,18). The minimum atomic E-state index is -0.723. The van der Waals surface area contributed by atoms with Crippen LogP contribution < -0.4 is 11.1 Å². The van der Waals surface area contributed by atoms with E-state index in [1.165, 1.54) is 6.42 Å². The van der Waals surface area contributed by atoms with Crippen LogP contribution in [0, 0.1) is 11.8 Å². The van der Waals surface area contributed by atoms with Crippen molar-refractivity contribution in [2.75, 3.05) is 6.54 Å². The van der Waals surface area contributed by atoms with Gasteiger partial charge in [0, 0.05) is 6.54 Å². The Morgan fingerprint density at radius 2 is 2.00 bits per heavy atom. The maximum atomic E-state index is 11.8. The topological polar surface area (TPSA) is 75.3 Å². The van der Waals surface area contributed by atoms with Gasteiger partial charge in [-0.15, -0.1) is 0 Å². The van der Waals surface area contributed by atoms with Gasteiger partial charge in [-0.2, -0.15) is 0 Å². The van der Waals surface area contributed by atoms with Gasteiger partial charge in [0.05, 0.1) is 11.6 Å². The molecule has 4 heteroatoms. The van der Waals surface area contributed by atoms with Crippen molar-refractivity contribution in [2.45, 2.75) is 70.9 Å². The van der Waals surface area contributed by atoms with E-state index in [2.05, 4.69) is 12.2 Å². The van der Waals surface area contributed by atoms with Crippen molar-refractivity contribution in [3.8, 4) is 0 Å². The number of aliphatic hydroxyl groups is 1. The summed E-state index contributed by atoms with van der Waals surface area (Å²) in [6, 6.07) is -0.462. The zero-order valence-electron chi connectivity index (χ0n) is 12.6. The molecule has 0 radical (unpaired) electrons. The summed E-state index contributed by atoms with van der Waals surface area (Å²) in [5, 5.41) is 13.3. The molecule has 0 heterocycles. The summed E-state index contributed by atoms with van der Waals surface area (Å²) >= 11 is 0. The van der Waals surface area contributed by atoms with Gasteiger partial charge in [0.2, 0.25) is 5.91 Å². The Morgan fingerprint density at radius 1 is 1.42 bits per heavy atom. The molecular weight excluding hydrogens is 240 g/mol. The molecule has 0 aliphatic heterocycles. The second kappa shape index (κ2) is 7.25. The van der Waals surface area contributed by atoms with Gasteiger partial charge < -0.3 is 16.2 Å². The van der Waals surface area contributed by atoms with E-state index in [-0.39, 0.29) is 5.91 Å². The molecule has 1 fully saturated rings. The fourth-order valence-electron chi connectivity index (χ4n) is 2.80. The highest BCUT2D eigenvalue weighted by Gasteiger charge is 2.33. The van der Waals surface area contributed by atoms with Crippen molar-refractivity contribution in [3.63, 3.8) is 0 Å². The number of nitrogens with one attached hydrogen (secondary N) is 1. The maximum Gasteiger partial charge on any atom is 0.237 e. The van der Waals surface area contributed by atoms with E-state index in [1.807, 2.05) is 13.8 Å². The third kappa shape index (κ3) is 5.49. The highest BCUT2D eigenvalue weighted by Crippen LogP contribution is 2.33. The average molecular weight is 270 g/mol. The molecule has 19 heavy (non-hydrogen) atoms. The molecule has 0 bridgehead atoms. The summed E-state index contributed by atoms with van der Waals surface area (Å²) in [4.78, 5) is 11.8. The molecular formula is C15H30N2O2. The van der Waals surface area contributed by atoms with Gasteiger partial charge in [-0.3, -0.25) is 4.79 Å². The van der Waals surface area contributed by atoms with Gasteiger partial charge >= 0.3 is 0 Å². The lowest BCUT2D eigenvalue weighted by molar-refractivity contribution is -0.124. The first-order valence-electron chi connectivity index (χ1n) is 7.62. The molecule has 0 aromatic rings. The average Bonchev–Trinajstić information content (AvgIpc) is 2.36. The minimum absolute atomic E-state index is 0.139. The summed E-state index contributed by atoms with van der Waals surface area (Å²) in [6.45, 7) is 6.63. The molecule has 0 aromatic carbocycles. The van der Waals surface area contributed by atoms with E-state index in [1.54, 1.807) is 0 Å². The van der Waals surface area contributed by atoms with Gasteiger partial charge in [-0.05, 0) is 43.9 Å². The Balaban J connectivity index is 2.33. The number of rotatable bonds is 6. The molecule has 0 saturated heterocycles. The molecule has 1 aliphatic rings. The number of hydrogen-bond donors (Lipinski definition) is 3. The molecule has 1 amide bonds. The fourth-order valence-corrected chi connectivity index (χ4v) is 2.80. The normalized spacial score (nSPS) is 29.3. The lowest BCUT2D eigenvalue weighted by Crippen LogP contribution is -2.49. The van der Waals surface area contributed by atoms with E-state index in [0.717, 1.165) is 31.6 Å². The smallest absolute Gasteiger partial charge is 0.237 e. The van der Waals surface area contributed by atoms with Crippen LogP contribution in [-0.2, 0) is 4.79 Å². The molecule has 1 aliphatic carbocycles. The zero-order chi connectivity index (χ0) is 14.5. The molecule has 1 saturated carbocycles. The van der Waals surface area contributed by atoms with Crippen LogP contribution >= 0.6 is 0 Å². The predicted octanol–water partition coefficient (Wildman–Crippen LogP) is 1.81. The van der Waals surface area contributed by atoms with Crippen LogP contribution in [0.15, 0.2) is 0 Å². The fraction of sp³-hybridized carbons (Fsp3) is 0.933. The first-order chi connectivity index (χ1) is 8.86. The van der Waals surface area contributed by atoms with Crippen LogP contribution in [-0.4, -0.2) is 29.2 Å². The van der Waals surface area contributed by atoms with Crippen LogP contribution in [0.3, 0.4) is 0 Å². The van der Waals surface area contributed by atoms with Crippen molar-refractivity contribution in [2.24, 2.45) is 17.6 Å². The summed E-state index contributed by atoms with van der Waals surface area (Å²) in [5.74, 6) is 1.00. The van der Waals surface area contributed by atoms with E-state index < -0.39 is 11.6 Å². The largest absolute Gasteiger partial charge is 0.388 e. The Hall–Kier alpha value is -0.610. The van der Waals surface area contributed by atoms with Gasteiger partial charge in [0.15, 0.2) is 0 Å². The summed E-state index contributed by atoms with van der Waals surface area (Å²) in [5.41, 5.74) is 5.10. The van der Waals surface area contributed by atoms with Crippen LogP contribution in [0.5, 0.6) is 0 Å². The zero-order valence-corrected chi connectivity index (χ0v) is 12.6. The number of hydrogen-bond acceptors (Lipinski definition) is 3. The predicted molar refractivity (Wildman–Crippen MR) is 77.6 cm³/mol. The molecule has 112 valence electrons. The molecule has 0 aromatic heterocycles.